The first-order valence-corrected chi connectivity index (χ1v) is 10.3. The molecule has 26 heavy (non-hydrogen) atoms. The van der Waals surface area contributed by atoms with Gasteiger partial charge in [0.05, 0.1) is 0 Å². The average molecular weight is 353 g/mol. The normalized spacial score (nSPS) is 18.7. The third-order valence-electron chi connectivity index (χ3n) is 5.94. The van der Waals surface area contributed by atoms with Crippen LogP contribution in [0.2, 0.25) is 0 Å². The molecule has 0 saturated heterocycles. The van der Waals surface area contributed by atoms with Crippen molar-refractivity contribution >= 4 is 0 Å². The number of para-hydroxylation sites is 1. The van der Waals surface area contributed by atoms with Crippen molar-refractivity contribution in [2.75, 3.05) is 0 Å². The van der Waals surface area contributed by atoms with Gasteiger partial charge in [-0.2, -0.15) is 0 Å². The highest BCUT2D eigenvalue weighted by Gasteiger charge is 2.18. The molecular formula is C24H32O2. The predicted molar refractivity (Wildman–Crippen MR) is 108 cm³/mol. The molecule has 0 unspecified atom stereocenters. The summed E-state index contributed by atoms with van der Waals surface area (Å²) in [6, 6.07) is 18.7. The van der Waals surface area contributed by atoms with Gasteiger partial charge < -0.3 is 4.89 Å². The fourth-order valence-corrected chi connectivity index (χ4v) is 4.48. The Hall–Kier alpha value is -1.80. The van der Waals surface area contributed by atoms with Gasteiger partial charge in [0.2, 0.25) is 0 Å². The first kappa shape index (κ1) is 19.0. The fourth-order valence-electron chi connectivity index (χ4n) is 4.48. The van der Waals surface area contributed by atoms with Crippen molar-refractivity contribution in [3.05, 3.63) is 65.7 Å². The molecule has 2 aliphatic rings. The predicted octanol–water partition coefficient (Wildman–Crippen LogP) is 7.32. The maximum absolute atomic E-state index is 8.75. The lowest BCUT2D eigenvalue weighted by Gasteiger charge is -2.22. The molecule has 2 saturated carbocycles. The molecule has 0 aromatic heterocycles. The summed E-state index contributed by atoms with van der Waals surface area (Å²) in [7, 11) is 0. The summed E-state index contributed by atoms with van der Waals surface area (Å²) in [5.41, 5.74) is 2.71. The molecular weight excluding hydrogens is 320 g/mol. The molecule has 0 aliphatic heterocycles. The van der Waals surface area contributed by atoms with E-state index in [1.165, 1.54) is 64.2 Å². The number of hydrogen-bond acceptors (Lipinski definition) is 2. The van der Waals surface area contributed by atoms with Crippen LogP contribution in [0.5, 0.6) is 5.75 Å². The Morgan fingerprint density at radius 1 is 0.615 bits per heavy atom. The maximum Gasteiger partial charge on any atom is 0.168 e. The zero-order chi connectivity index (χ0) is 18.0. The van der Waals surface area contributed by atoms with E-state index in [0.29, 0.717) is 11.7 Å². The van der Waals surface area contributed by atoms with Gasteiger partial charge in [-0.3, -0.25) is 0 Å². The van der Waals surface area contributed by atoms with E-state index in [-0.39, 0.29) is 0 Å². The monoisotopic (exact) mass is 352 g/mol. The average Bonchev–Trinajstić information content (AvgIpc) is 2.76. The molecule has 2 aliphatic carbocycles. The van der Waals surface area contributed by atoms with Gasteiger partial charge in [0.15, 0.2) is 5.75 Å². The van der Waals surface area contributed by atoms with E-state index in [1.54, 1.807) is 5.56 Å². The van der Waals surface area contributed by atoms with Gasteiger partial charge >= 0.3 is 0 Å². The number of rotatable bonds is 3. The van der Waals surface area contributed by atoms with Crippen LogP contribution in [0.4, 0.5) is 0 Å². The summed E-state index contributed by atoms with van der Waals surface area (Å²) >= 11 is 0. The van der Waals surface area contributed by atoms with E-state index >= 15 is 0 Å². The van der Waals surface area contributed by atoms with E-state index in [2.05, 4.69) is 41.3 Å². The van der Waals surface area contributed by atoms with Gasteiger partial charge in [-0.25, -0.2) is 5.26 Å². The Bertz CT molecular complexity index is 626. The SMILES string of the molecule is OOc1ccccc1C1CCCCC1.c1ccc(C2CCCCC2)cc1. The van der Waals surface area contributed by atoms with Crippen LogP contribution < -0.4 is 4.89 Å². The molecule has 2 nitrogen and oxygen atoms in total. The number of hydrogen-bond donors (Lipinski definition) is 1. The number of benzene rings is 2. The molecule has 0 radical (unpaired) electrons. The van der Waals surface area contributed by atoms with Crippen molar-refractivity contribution in [2.24, 2.45) is 0 Å². The third-order valence-corrected chi connectivity index (χ3v) is 5.94. The highest BCUT2D eigenvalue weighted by Crippen LogP contribution is 2.37. The van der Waals surface area contributed by atoms with Crippen molar-refractivity contribution < 1.29 is 10.1 Å². The Labute approximate surface area is 158 Å². The second kappa shape index (κ2) is 10.4. The summed E-state index contributed by atoms with van der Waals surface area (Å²) in [6.45, 7) is 0. The molecule has 2 aromatic rings. The van der Waals surface area contributed by atoms with Gasteiger partial charge in [0, 0.05) is 5.56 Å². The van der Waals surface area contributed by atoms with Gasteiger partial charge in [0.25, 0.3) is 0 Å². The Morgan fingerprint density at radius 3 is 1.77 bits per heavy atom. The molecule has 4 rings (SSSR count). The largest absolute Gasteiger partial charge is 0.340 e. The van der Waals surface area contributed by atoms with Crippen LogP contribution in [0, 0.1) is 0 Å². The molecule has 0 bridgehead atoms. The lowest BCUT2D eigenvalue weighted by molar-refractivity contribution is -0.138. The van der Waals surface area contributed by atoms with E-state index < -0.39 is 0 Å². The van der Waals surface area contributed by atoms with E-state index in [1.807, 2.05) is 18.2 Å². The smallest absolute Gasteiger partial charge is 0.168 e. The highest BCUT2D eigenvalue weighted by molar-refractivity contribution is 5.36. The van der Waals surface area contributed by atoms with E-state index in [0.717, 1.165) is 11.5 Å². The van der Waals surface area contributed by atoms with Gasteiger partial charge in [0.1, 0.15) is 0 Å². The highest BCUT2D eigenvalue weighted by atomic mass is 17.1. The van der Waals surface area contributed by atoms with Gasteiger partial charge in [-0.15, -0.1) is 0 Å². The van der Waals surface area contributed by atoms with Crippen LogP contribution >= 0.6 is 0 Å². The molecule has 0 heterocycles. The lowest BCUT2D eigenvalue weighted by Crippen LogP contribution is -2.06. The quantitative estimate of drug-likeness (QED) is 0.463. The first-order chi connectivity index (χ1) is 12.9. The van der Waals surface area contributed by atoms with E-state index in [9.17, 15) is 0 Å². The van der Waals surface area contributed by atoms with Crippen LogP contribution in [0.25, 0.3) is 0 Å². The molecule has 2 aromatic carbocycles. The Morgan fingerprint density at radius 2 is 1.15 bits per heavy atom. The molecule has 1 N–H and O–H groups in total. The van der Waals surface area contributed by atoms with Gasteiger partial charge in [-0.05, 0) is 49.1 Å². The van der Waals surface area contributed by atoms with Crippen molar-refractivity contribution in [3.63, 3.8) is 0 Å². The molecule has 0 amide bonds. The zero-order valence-corrected chi connectivity index (χ0v) is 15.8. The van der Waals surface area contributed by atoms with Gasteiger partial charge in [-0.1, -0.05) is 87.1 Å². The molecule has 2 fully saturated rings. The topological polar surface area (TPSA) is 29.5 Å². The second-order valence-corrected chi connectivity index (χ2v) is 7.71. The maximum atomic E-state index is 8.75. The van der Waals surface area contributed by atoms with Crippen LogP contribution in [0.15, 0.2) is 54.6 Å². The van der Waals surface area contributed by atoms with Crippen LogP contribution in [-0.4, -0.2) is 5.26 Å². The van der Waals surface area contributed by atoms with Crippen LogP contribution in [-0.2, 0) is 0 Å². The Balaban J connectivity index is 0.000000152. The second-order valence-electron chi connectivity index (χ2n) is 7.71. The minimum atomic E-state index is 0.576. The zero-order valence-electron chi connectivity index (χ0n) is 15.8. The lowest BCUT2D eigenvalue weighted by atomic mass is 9.84. The van der Waals surface area contributed by atoms with Crippen molar-refractivity contribution in [2.45, 2.75) is 76.0 Å². The van der Waals surface area contributed by atoms with Crippen molar-refractivity contribution in [3.8, 4) is 5.75 Å². The summed E-state index contributed by atoms with van der Waals surface area (Å²) in [5, 5.41) is 8.75. The summed E-state index contributed by atoms with van der Waals surface area (Å²) < 4.78 is 0. The molecule has 0 spiro atoms. The minimum Gasteiger partial charge on any atom is -0.340 e. The standard InChI is InChI=1S/C12H16O2.C12H16/c13-14-12-9-5-4-8-11(12)10-6-2-1-3-7-10;1-3-7-11(8-4-1)12-9-5-2-6-10-12/h4-5,8-10,13H,1-3,6-7H2;1,3-4,7-8,12H,2,5-6,9-10H2. The molecule has 0 atom stereocenters. The minimum absolute atomic E-state index is 0.576. The summed E-state index contributed by atoms with van der Waals surface area (Å²) in [5.74, 6) is 2.06. The first-order valence-electron chi connectivity index (χ1n) is 10.3. The van der Waals surface area contributed by atoms with Crippen LogP contribution in [0.3, 0.4) is 0 Å². The van der Waals surface area contributed by atoms with E-state index in [4.69, 9.17) is 5.26 Å². The summed E-state index contributed by atoms with van der Waals surface area (Å²) in [6.07, 6.45) is 13.5. The molecule has 140 valence electrons. The molecule has 2 heteroatoms. The van der Waals surface area contributed by atoms with Crippen molar-refractivity contribution in [1.29, 1.82) is 0 Å². The summed E-state index contributed by atoms with van der Waals surface area (Å²) in [4.78, 5) is 4.40. The van der Waals surface area contributed by atoms with Crippen LogP contribution in [0.1, 0.15) is 87.2 Å². The third kappa shape index (κ3) is 5.35. The Kier molecular flexibility index (Phi) is 7.57. The van der Waals surface area contributed by atoms with Crippen molar-refractivity contribution in [1.82, 2.24) is 0 Å². The fraction of sp³-hybridized carbons (Fsp3) is 0.500.